The molecule has 0 spiro atoms. The van der Waals surface area contributed by atoms with Crippen LogP contribution in [-0.4, -0.2) is 122 Å². The van der Waals surface area contributed by atoms with Crippen molar-refractivity contribution in [3.63, 3.8) is 0 Å². The highest BCUT2D eigenvalue weighted by molar-refractivity contribution is 7.93. The summed E-state index contributed by atoms with van der Waals surface area (Å²) in [6.45, 7) is -5.26. The summed E-state index contributed by atoms with van der Waals surface area (Å²) in [5.41, 5.74) is 2.38. The van der Waals surface area contributed by atoms with Gasteiger partial charge in [-0.1, -0.05) is 94.9 Å². The number of anilines is 2. The number of carbonyl (C=O) groups excluding carboxylic acids is 1. The zero-order valence-corrected chi connectivity index (χ0v) is 63.9. The maximum atomic E-state index is 13.5. The Kier molecular flexibility index (Phi) is 32.8. The second-order valence-corrected chi connectivity index (χ2v) is 29.4. The number of carboxylic acids is 3. The third-order valence-electron chi connectivity index (χ3n) is 16.1. The molecule has 0 aliphatic heterocycles. The predicted octanol–water partition coefficient (Wildman–Crippen LogP) is 13.5. The second kappa shape index (κ2) is 40.8. The van der Waals surface area contributed by atoms with E-state index in [0.29, 0.717) is 63.0 Å². The molecule has 2 fully saturated rings. The van der Waals surface area contributed by atoms with Crippen molar-refractivity contribution in [1.29, 1.82) is 0 Å². The number of aryl methyl sites for hydroxylation is 4. The first-order valence-corrected chi connectivity index (χ1v) is 37.2. The largest absolute Gasteiger partial charge is 0.870 e. The fraction of sp³-hybridized carbons (Fsp3) is 0.250. The number of ether oxygens (including phenoxy) is 5. The number of carbonyl (C=O) groups is 4. The topological polar surface area (TPSA) is 439 Å². The molecule has 2 aliphatic carbocycles. The third kappa shape index (κ3) is 26.1. The Bertz CT molecular complexity index is 5090. The number of carboxylic acid groups (broad SMARTS) is 3. The number of pyridine rings is 2. The maximum absolute atomic E-state index is 13.5. The van der Waals surface area contributed by atoms with Gasteiger partial charge in [-0.05, 0) is 121 Å². The highest BCUT2D eigenvalue weighted by Gasteiger charge is 2.30. The van der Waals surface area contributed by atoms with Gasteiger partial charge in [0.25, 0.3) is 25.7 Å². The van der Waals surface area contributed by atoms with Crippen molar-refractivity contribution in [2.45, 2.75) is 73.7 Å². The van der Waals surface area contributed by atoms with Crippen molar-refractivity contribution in [3.05, 3.63) is 252 Å². The summed E-state index contributed by atoms with van der Waals surface area (Å²) in [5, 5.41) is 48.0. The van der Waals surface area contributed by atoms with Gasteiger partial charge < -0.3 is 73.3 Å². The molecular formula is C72H73Cl4F4N9O21S2. The number of halogens is 8. The number of alkyl halides is 4. The van der Waals surface area contributed by atoms with E-state index in [2.05, 4.69) is 28.9 Å². The lowest BCUT2D eigenvalue weighted by Crippen LogP contribution is -2.17. The molecule has 30 nitrogen and oxygen atoms in total. The highest BCUT2D eigenvalue weighted by atomic mass is 35.5. The van der Waals surface area contributed by atoms with Crippen molar-refractivity contribution in [2.24, 2.45) is 40.0 Å². The molecule has 112 heavy (non-hydrogen) atoms. The zero-order chi connectivity index (χ0) is 80.3. The number of aliphatic hydroxyl groups excluding tert-OH is 1. The maximum Gasteiger partial charge on any atom is 0.387 e. The number of esters is 1. The van der Waals surface area contributed by atoms with Gasteiger partial charge in [0, 0.05) is 76.8 Å². The minimum Gasteiger partial charge on any atom is -0.870 e. The predicted molar refractivity (Wildman–Crippen MR) is 397 cm³/mol. The molecule has 0 unspecified atom stereocenters. The van der Waals surface area contributed by atoms with Gasteiger partial charge in [-0.15, -0.1) is 0 Å². The summed E-state index contributed by atoms with van der Waals surface area (Å²) >= 11 is 25.0. The summed E-state index contributed by atoms with van der Waals surface area (Å²) in [4.78, 5) is 60.4. The van der Waals surface area contributed by atoms with E-state index in [1.165, 1.54) is 125 Å². The van der Waals surface area contributed by atoms with Gasteiger partial charge in [-0.3, -0.25) is 19.6 Å². The van der Waals surface area contributed by atoms with Crippen LogP contribution in [0.4, 0.5) is 34.6 Å². The summed E-state index contributed by atoms with van der Waals surface area (Å²) < 4.78 is 138. The van der Waals surface area contributed by atoms with E-state index in [-0.39, 0.29) is 101 Å². The number of rotatable bonds is 28. The van der Waals surface area contributed by atoms with Crippen molar-refractivity contribution >= 4 is 107 Å². The number of aromatic nitrogens is 6. The summed E-state index contributed by atoms with van der Waals surface area (Å²) in [5.74, 6) is -3.14. The highest BCUT2D eigenvalue weighted by Crippen LogP contribution is 2.40. The Morgan fingerprint density at radius 3 is 1.31 bits per heavy atom. The van der Waals surface area contributed by atoms with E-state index in [1.54, 1.807) is 85.8 Å². The number of aliphatic hydroxyl groups is 1. The molecule has 0 bridgehead atoms. The molecule has 40 heteroatoms. The molecule has 600 valence electrons. The number of aromatic amines is 2. The minimum atomic E-state index is -3.91. The monoisotopic (exact) mass is 1680 g/mol. The van der Waals surface area contributed by atoms with Crippen LogP contribution in [0.3, 0.4) is 0 Å². The fourth-order valence-electron chi connectivity index (χ4n) is 10.1. The number of sulfonamides is 2. The molecule has 10 N–H and O–H groups in total. The molecular weight excluding hydrogens is 1610 g/mol. The Morgan fingerprint density at radius 1 is 0.536 bits per heavy atom. The number of aromatic carboxylic acids is 3. The van der Waals surface area contributed by atoms with Crippen LogP contribution in [0.25, 0.3) is 0 Å². The lowest BCUT2D eigenvalue weighted by molar-refractivity contribution is -0.384. The van der Waals surface area contributed by atoms with Gasteiger partial charge in [0.1, 0.15) is 49.0 Å². The summed E-state index contributed by atoms with van der Waals surface area (Å²) in [7, 11) is -1.38. The van der Waals surface area contributed by atoms with E-state index in [9.17, 15) is 68.8 Å². The lowest BCUT2D eigenvalue weighted by atomic mass is 10.0. The average molecular weight is 1680 g/mol. The second-order valence-electron chi connectivity index (χ2n) is 24.4. The molecule has 2 saturated carbocycles. The van der Waals surface area contributed by atoms with Crippen LogP contribution in [0.5, 0.6) is 23.0 Å². The Balaban J connectivity index is 0.000000243. The molecule has 10 aromatic rings. The van der Waals surface area contributed by atoms with Crippen LogP contribution < -0.4 is 38.4 Å². The van der Waals surface area contributed by atoms with Crippen LogP contribution in [-0.2, 0) is 65.8 Å². The van der Waals surface area contributed by atoms with Crippen molar-refractivity contribution in [3.8, 4) is 23.0 Å². The molecule has 2 aliphatic rings. The van der Waals surface area contributed by atoms with Crippen molar-refractivity contribution < 1.29 is 124 Å². The SMILES string of the molecule is Cn1cc(NS(=O)(=O)c2ccccc2)cc1C(=O)O.Cn1cc(NS(=O)(=O)c2ccccc2)cc1C(=O)O[C@@H](Cc1c(Cl)c[nH+]cc1Cl)c1ccc(OC(F)F)c(OCC2CC2)c1.Cn1cc([N+](=O)[O-])cc1C(=O)O.Cn1cccc1C(=O)O.O[C@@H](Cc1c(Cl)c[nH+]cc1Cl)c1ccc(OC(F)F)c(OCC2CC2)c1.[OH-].[OH-]. The third-order valence-corrected chi connectivity index (χ3v) is 20.3. The quantitative estimate of drug-likeness (QED) is 0.0115. The molecule has 4 aromatic carbocycles. The number of hydrogen-bond acceptors (Lipinski definition) is 18. The number of nitrogens with zero attached hydrogens (tertiary/aromatic N) is 5. The van der Waals surface area contributed by atoms with Gasteiger partial charge in [0.2, 0.25) is 0 Å². The Hall–Kier alpha value is -11.0. The standard InChI is InChI=1S/C30H27Cl2F2N3O6S.C18H17Cl2F2NO3.C12H12N2O4S.C6H6N2O4.C6H7NO2.2H2O/c1-37-16-20(36-44(39,40)21-5-3-2-4-6-21)12-25(37)29(38)42-27(13-22-23(31)14-35-15-24(22)32)19-9-10-26(43-30(33)34)28(11-19)41-17-18-7-8-18;19-13-7-23-8-14(20)12(13)6-15(24)11-3-4-16(26-18(21)22)17(5-11)25-9-10-1-2-10;1-14-8-9(7-11(14)12(15)16)13-19(17,18)10-5-3-2-4-6-10;1-7-3-4(8(11)12)2-5(7)6(9)10;1-7-4-2-3-5(7)6(8)9;;/h2-6,9-12,14-16,18,27,30,36H,7-8,13,17H2,1H3;3-5,7-8,10,15,18,24H,1-2,6,9H2;2-8,13H,1H3,(H,15,16);2-3H,1H3,(H,9,10);2-4H,1H3,(H,8,9);2*1H2/t27-;15-;;;;;/m00...../s1. The number of benzene rings is 4. The molecule has 0 amide bonds. The molecule has 6 aromatic heterocycles. The molecule has 0 saturated heterocycles. The molecule has 12 rings (SSSR count). The van der Waals surface area contributed by atoms with Gasteiger partial charge in [0.05, 0.1) is 51.6 Å². The number of H-pyrrole nitrogens is 2. The van der Waals surface area contributed by atoms with Crippen LogP contribution in [0.2, 0.25) is 20.1 Å². The Labute approximate surface area is 657 Å². The number of hydrogen-bond donors (Lipinski definition) is 6. The molecule has 6 heterocycles. The van der Waals surface area contributed by atoms with Gasteiger partial charge in [0.15, 0.2) is 47.8 Å². The first kappa shape index (κ1) is 89.9. The first-order valence-electron chi connectivity index (χ1n) is 32.7. The summed E-state index contributed by atoms with van der Waals surface area (Å²) in [6, 6.07) is 31.2. The fourth-order valence-corrected chi connectivity index (χ4v) is 13.3. The van der Waals surface area contributed by atoms with Crippen molar-refractivity contribution in [2.75, 3.05) is 22.7 Å². The zero-order valence-electron chi connectivity index (χ0n) is 59.2. The number of nitro groups is 1. The smallest absolute Gasteiger partial charge is 0.387 e. The van der Waals surface area contributed by atoms with Crippen LogP contribution in [0.15, 0.2) is 187 Å². The van der Waals surface area contributed by atoms with Gasteiger partial charge in [-0.25, -0.2) is 46.0 Å². The Morgan fingerprint density at radius 2 is 0.938 bits per heavy atom. The molecule has 0 radical (unpaired) electrons. The minimum absolute atomic E-state index is 0. The first-order chi connectivity index (χ1) is 52.1. The normalized spacial score (nSPS) is 12.7. The number of nitrogens with one attached hydrogen (secondary N) is 4. The van der Waals surface area contributed by atoms with Crippen LogP contribution in [0, 0.1) is 22.0 Å². The van der Waals surface area contributed by atoms with Gasteiger partial charge >= 0.3 is 37.1 Å². The van der Waals surface area contributed by atoms with E-state index in [0.717, 1.165) is 37.9 Å². The van der Waals surface area contributed by atoms with Crippen molar-refractivity contribution in [1.82, 2.24) is 18.3 Å². The van der Waals surface area contributed by atoms with E-state index in [4.69, 9.17) is 75.9 Å². The van der Waals surface area contributed by atoms with Crippen LogP contribution in [0.1, 0.15) is 102 Å². The van der Waals surface area contributed by atoms with E-state index < -0.39 is 74.3 Å². The van der Waals surface area contributed by atoms with Crippen LogP contribution >= 0.6 is 46.4 Å². The lowest BCUT2D eigenvalue weighted by Gasteiger charge is -2.21. The average Bonchev–Trinajstić information content (AvgIpc) is 1.30. The molecule has 2 atom stereocenters. The van der Waals surface area contributed by atoms with E-state index in [1.807, 2.05) is 0 Å². The summed E-state index contributed by atoms with van der Waals surface area (Å²) in [6.07, 6.45) is 14.2. The van der Waals surface area contributed by atoms with Gasteiger partial charge in [-0.2, -0.15) is 17.6 Å². The van der Waals surface area contributed by atoms with E-state index >= 15 is 0 Å².